The van der Waals surface area contributed by atoms with Gasteiger partial charge in [-0.05, 0) is 60.2 Å². The number of nitrogens with one attached hydrogen (secondary N) is 1. The molecule has 210 valence electrons. The van der Waals surface area contributed by atoms with E-state index in [9.17, 15) is 19.5 Å². The summed E-state index contributed by atoms with van der Waals surface area (Å²) in [6.45, 7) is 1.23. The average molecular weight is 594 g/mol. The highest BCUT2D eigenvalue weighted by Gasteiger charge is 2.71. The summed E-state index contributed by atoms with van der Waals surface area (Å²) in [6.07, 6.45) is 2.06. The van der Waals surface area contributed by atoms with Crippen molar-refractivity contribution in [3.63, 3.8) is 0 Å². The highest BCUT2D eigenvalue weighted by molar-refractivity contribution is 6.31. The molecule has 2 N–H and O–H groups in total. The van der Waals surface area contributed by atoms with Crippen LogP contribution in [0.3, 0.4) is 0 Å². The van der Waals surface area contributed by atoms with Gasteiger partial charge < -0.3 is 15.3 Å². The van der Waals surface area contributed by atoms with Crippen molar-refractivity contribution in [1.82, 2.24) is 9.80 Å². The van der Waals surface area contributed by atoms with Crippen LogP contribution in [0.2, 0.25) is 10.0 Å². The number of fused-ring (bicyclic) bond motifs is 3. The summed E-state index contributed by atoms with van der Waals surface area (Å²) in [5.41, 5.74) is 1.14. The topological polar surface area (TPSA) is 90.0 Å². The summed E-state index contributed by atoms with van der Waals surface area (Å²) in [7, 11) is 0. The number of hydrogen-bond acceptors (Lipinski definition) is 4. The van der Waals surface area contributed by atoms with E-state index in [0.29, 0.717) is 35.3 Å². The lowest BCUT2D eigenvalue weighted by molar-refractivity contribution is -0.133. The van der Waals surface area contributed by atoms with Crippen molar-refractivity contribution in [2.45, 2.75) is 36.9 Å². The zero-order chi connectivity index (χ0) is 28.6. The highest BCUT2D eigenvalue weighted by Crippen LogP contribution is 2.62. The van der Waals surface area contributed by atoms with Gasteiger partial charge in [-0.2, -0.15) is 0 Å². The normalized spacial score (nSPS) is 26.9. The number of carboxylic acid groups (broad SMARTS) is 1. The third-order valence-electron chi connectivity index (χ3n) is 9.11. The Morgan fingerprint density at radius 1 is 1.07 bits per heavy atom. The van der Waals surface area contributed by atoms with Crippen molar-refractivity contribution in [1.29, 1.82) is 0 Å². The Bertz CT molecular complexity index is 1610. The van der Waals surface area contributed by atoms with Gasteiger partial charge in [-0.15, -0.1) is 0 Å². The maximum absolute atomic E-state index is 15.9. The third kappa shape index (κ3) is 3.99. The largest absolute Gasteiger partial charge is 0.478 e. The lowest BCUT2D eigenvalue weighted by Crippen LogP contribution is -2.54. The van der Waals surface area contributed by atoms with Crippen molar-refractivity contribution in [2.24, 2.45) is 11.8 Å². The molecular formula is C31H26Cl2FN3O4. The van der Waals surface area contributed by atoms with Gasteiger partial charge in [-0.25, -0.2) is 9.18 Å². The zero-order valence-electron chi connectivity index (χ0n) is 21.8. The number of carbonyl (C=O) groups is 3. The van der Waals surface area contributed by atoms with Crippen LogP contribution in [0.1, 0.15) is 45.8 Å². The second kappa shape index (κ2) is 9.54. The highest BCUT2D eigenvalue weighted by atomic mass is 35.5. The standard InChI is InChI=1S/C31H26Cl2FN3O4/c32-19-10-11-21-23(12-19)35-30(41)31(21)26(20-2-1-3-22(33)27(20)34)25-24(37(31)14-17-4-5-17)15-36(28(25)38)13-16-6-8-18(9-7-16)29(39)40/h1-3,6-12,17,24-26H,4-5,13-15H2,(H,35,41)(H,39,40)/t24-,25+,26-,31+/m0/s1. The fourth-order valence-corrected chi connectivity index (χ4v) is 7.55. The number of carboxylic acids is 1. The molecule has 3 heterocycles. The SMILES string of the molecule is O=C(O)c1ccc(CN2C[C@H]3[C@@H](C2=O)[C@H](c2cccc(Cl)c2F)[C@]2(C(=O)Nc4cc(Cl)ccc42)N3CC2CC2)cc1. The first-order chi connectivity index (χ1) is 19.7. The Kier molecular flexibility index (Phi) is 6.15. The second-order valence-electron chi connectivity index (χ2n) is 11.4. The van der Waals surface area contributed by atoms with Gasteiger partial charge in [0.05, 0.1) is 16.5 Å². The molecule has 41 heavy (non-hydrogen) atoms. The smallest absolute Gasteiger partial charge is 0.335 e. The number of likely N-dealkylation sites (tertiary alicyclic amines) is 2. The van der Waals surface area contributed by atoms with Crippen LogP contribution in [0.4, 0.5) is 10.1 Å². The predicted octanol–water partition coefficient (Wildman–Crippen LogP) is 5.51. The molecule has 0 aromatic heterocycles. The fourth-order valence-electron chi connectivity index (χ4n) is 7.20. The van der Waals surface area contributed by atoms with Gasteiger partial charge in [0.1, 0.15) is 11.4 Å². The van der Waals surface area contributed by atoms with E-state index in [2.05, 4.69) is 10.2 Å². The van der Waals surface area contributed by atoms with Crippen LogP contribution in [0.15, 0.2) is 60.7 Å². The number of hydrogen-bond donors (Lipinski definition) is 2. The van der Waals surface area contributed by atoms with Gasteiger partial charge in [0.25, 0.3) is 0 Å². The minimum Gasteiger partial charge on any atom is -0.478 e. The average Bonchev–Trinajstić information content (AvgIpc) is 3.58. The van der Waals surface area contributed by atoms with Crippen LogP contribution in [0.5, 0.6) is 0 Å². The maximum atomic E-state index is 15.9. The third-order valence-corrected chi connectivity index (χ3v) is 9.64. The molecule has 3 aromatic rings. The van der Waals surface area contributed by atoms with E-state index >= 15 is 4.39 Å². The van der Waals surface area contributed by atoms with E-state index in [4.69, 9.17) is 23.2 Å². The lowest BCUT2D eigenvalue weighted by Gasteiger charge is -2.41. The first kappa shape index (κ1) is 26.4. The van der Waals surface area contributed by atoms with Gasteiger partial charge in [-0.1, -0.05) is 53.5 Å². The number of aromatic carboxylic acids is 1. The van der Waals surface area contributed by atoms with E-state index in [-0.39, 0.29) is 40.6 Å². The molecule has 10 heteroatoms. The van der Waals surface area contributed by atoms with Gasteiger partial charge in [-0.3, -0.25) is 14.5 Å². The molecule has 0 radical (unpaired) electrons. The fraction of sp³-hybridized carbons (Fsp3) is 0.323. The number of amides is 2. The van der Waals surface area contributed by atoms with E-state index in [0.717, 1.165) is 18.4 Å². The maximum Gasteiger partial charge on any atom is 0.335 e. The van der Waals surface area contributed by atoms with Crippen molar-refractivity contribution < 1.29 is 23.9 Å². The Balaban J connectivity index is 1.37. The minimum absolute atomic E-state index is 0.0644. The molecule has 0 unspecified atom stereocenters. The predicted molar refractivity (Wildman–Crippen MR) is 151 cm³/mol. The molecule has 7 nitrogen and oxygen atoms in total. The Morgan fingerprint density at radius 3 is 2.54 bits per heavy atom. The summed E-state index contributed by atoms with van der Waals surface area (Å²) < 4.78 is 15.9. The molecule has 2 amide bonds. The first-order valence-electron chi connectivity index (χ1n) is 13.6. The van der Waals surface area contributed by atoms with Crippen molar-refractivity contribution in [3.05, 3.63) is 98.8 Å². The van der Waals surface area contributed by atoms with E-state index < -0.39 is 29.2 Å². The number of halogens is 3. The van der Waals surface area contributed by atoms with Crippen LogP contribution in [-0.2, 0) is 21.7 Å². The van der Waals surface area contributed by atoms with Gasteiger partial charge in [0.15, 0.2) is 0 Å². The van der Waals surface area contributed by atoms with Crippen LogP contribution >= 0.6 is 23.2 Å². The summed E-state index contributed by atoms with van der Waals surface area (Å²) in [6, 6.07) is 16.1. The summed E-state index contributed by atoms with van der Waals surface area (Å²) >= 11 is 12.6. The molecule has 1 saturated carbocycles. The zero-order valence-corrected chi connectivity index (χ0v) is 23.3. The Hall–Kier alpha value is -3.46. The summed E-state index contributed by atoms with van der Waals surface area (Å²) in [5.74, 6) is -3.27. The Morgan fingerprint density at radius 2 is 1.83 bits per heavy atom. The number of nitrogens with zero attached hydrogens (tertiary/aromatic N) is 2. The quantitative estimate of drug-likeness (QED) is 0.393. The van der Waals surface area contributed by atoms with Gasteiger partial charge in [0.2, 0.25) is 11.8 Å². The molecule has 4 aliphatic rings. The summed E-state index contributed by atoms with van der Waals surface area (Å²) in [5, 5.41) is 12.7. The molecule has 0 bridgehead atoms. The van der Waals surface area contributed by atoms with E-state index in [1.807, 2.05) is 6.07 Å². The Labute approximate surface area is 245 Å². The molecule has 7 rings (SSSR count). The molecule has 1 aliphatic carbocycles. The first-order valence-corrected chi connectivity index (χ1v) is 14.4. The van der Waals surface area contributed by atoms with Crippen molar-refractivity contribution >= 4 is 46.7 Å². The van der Waals surface area contributed by atoms with Crippen molar-refractivity contribution in [3.8, 4) is 0 Å². The second-order valence-corrected chi connectivity index (χ2v) is 12.3. The number of carbonyl (C=O) groups excluding carboxylic acids is 2. The number of anilines is 1. The molecule has 3 fully saturated rings. The molecular weight excluding hydrogens is 568 g/mol. The van der Waals surface area contributed by atoms with Crippen LogP contribution in [-0.4, -0.2) is 51.8 Å². The van der Waals surface area contributed by atoms with Gasteiger partial charge >= 0.3 is 5.97 Å². The molecule has 4 atom stereocenters. The lowest BCUT2D eigenvalue weighted by atomic mass is 9.71. The van der Waals surface area contributed by atoms with Crippen LogP contribution in [0, 0.1) is 17.7 Å². The number of rotatable bonds is 6. The molecule has 2 saturated heterocycles. The van der Waals surface area contributed by atoms with Crippen LogP contribution < -0.4 is 5.32 Å². The van der Waals surface area contributed by atoms with Crippen molar-refractivity contribution in [2.75, 3.05) is 18.4 Å². The van der Waals surface area contributed by atoms with E-state index in [1.54, 1.807) is 41.3 Å². The molecule has 1 spiro atoms. The minimum atomic E-state index is -1.31. The number of benzene rings is 3. The van der Waals surface area contributed by atoms with Gasteiger partial charge in [0, 0.05) is 47.9 Å². The monoisotopic (exact) mass is 593 g/mol. The van der Waals surface area contributed by atoms with E-state index in [1.165, 1.54) is 18.2 Å². The molecule has 3 aliphatic heterocycles. The molecule has 3 aromatic carbocycles. The van der Waals surface area contributed by atoms with Crippen LogP contribution in [0.25, 0.3) is 0 Å². The summed E-state index contributed by atoms with van der Waals surface area (Å²) in [4.78, 5) is 43.7.